The molecule has 2 amide bonds. The van der Waals surface area contributed by atoms with Crippen molar-refractivity contribution in [1.29, 1.82) is 0 Å². The van der Waals surface area contributed by atoms with Crippen molar-refractivity contribution in [1.82, 2.24) is 69.2 Å². The first-order chi connectivity index (χ1) is 69.2. The van der Waals surface area contributed by atoms with E-state index < -0.39 is 64.7 Å². The summed E-state index contributed by atoms with van der Waals surface area (Å²) in [5.74, 6) is -4.09. The number of aliphatic hydroxyl groups excluding tert-OH is 3. The van der Waals surface area contributed by atoms with Crippen molar-refractivity contribution in [2.45, 2.75) is 416 Å². The smallest absolute Gasteiger partial charge is 0.408 e. The molecule has 0 aliphatic rings. The average Bonchev–Trinajstić information content (AvgIpc) is 1.67. The number of carboxylic acids is 2. The average molecular weight is 2050 g/mol. The molecule has 0 saturated heterocycles. The van der Waals surface area contributed by atoms with Gasteiger partial charge in [-0.2, -0.15) is 15.0 Å². The number of H-pyrrole nitrogens is 3. The number of Topliss-reactive ketones (excluding diaryl/α,β-unsaturated/α-hetero) is 1. The van der Waals surface area contributed by atoms with Gasteiger partial charge in [0.1, 0.15) is 57.2 Å². The number of nitrogen functional groups attached to an aromatic ring is 3. The van der Waals surface area contributed by atoms with Crippen LogP contribution < -0.4 is 50.2 Å². The molecule has 7 atom stereocenters. The minimum atomic E-state index is -1.11. The van der Waals surface area contributed by atoms with Crippen molar-refractivity contribution in [2.24, 2.45) is 35.3 Å². The number of fused-ring (bicyclic) bond motifs is 3. The number of carbonyl (C=O) groups is 8. The zero-order valence-electron chi connectivity index (χ0n) is 89.1. The summed E-state index contributed by atoms with van der Waals surface area (Å²) < 4.78 is 42.4. The topological polar surface area (TPSA) is 621 Å². The molecular weight excluding hydrogens is 1870 g/mol. The molecule has 0 aromatic carbocycles. The number of carboxylic acid groups (broad SMARTS) is 2. The van der Waals surface area contributed by atoms with Gasteiger partial charge in [0, 0.05) is 32.1 Å². The molecule has 0 fully saturated rings. The van der Waals surface area contributed by atoms with Crippen molar-refractivity contribution >= 4 is 99.0 Å². The van der Waals surface area contributed by atoms with Gasteiger partial charge in [0.2, 0.25) is 23.8 Å². The normalized spacial score (nSPS) is 13.1. The number of aliphatic hydroxyl groups is 3. The minimum Gasteiger partial charge on any atom is -0.481 e. The van der Waals surface area contributed by atoms with Gasteiger partial charge in [-0.05, 0) is 141 Å². The Labute approximate surface area is 855 Å². The van der Waals surface area contributed by atoms with Crippen LogP contribution in [0.1, 0.15) is 354 Å². The maximum Gasteiger partial charge on any atom is 0.408 e. The third-order valence-electron chi connectivity index (χ3n) is 23.3. The summed E-state index contributed by atoms with van der Waals surface area (Å²) in [4.78, 5) is 162. The highest BCUT2D eigenvalue weighted by Crippen LogP contribution is 2.25. The number of hydrogen-bond donors (Lipinski definition) is 14. The van der Waals surface area contributed by atoms with E-state index in [0.717, 1.165) is 180 Å². The quantitative estimate of drug-likeness (QED) is 0.00730. The molecule has 41 nitrogen and oxygen atoms in total. The first-order valence-electron chi connectivity index (χ1n) is 52.5. The van der Waals surface area contributed by atoms with Gasteiger partial charge >= 0.3 is 35.9 Å². The van der Waals surface area contributed by atoms with Gasteiger partial charge in [0.15, 0.2) is 39.3 Å². The number of aliphatic carboxylic acids is 2. The molecule has 6 rings (SSSR count). The van der Waals surface area contributed by atoms with E-state index in [2.05, 4.69) is 113 Å². The fraction of sp³-hybridized carbons (Fsp3) is 0.721. The summed E-state index contributed by atoms with van der Waals surface area (Å²) in [5.41, 5.74) is 22.4. The Kier molecular flexibility index (Phi) is 69.6. The number of amides is 2. The fourth-order valence-electron chi connectivity index (χ4n) is 14.8. The molecule has 0 radical (unpaired) electrons. The number of nitrogens with one attached hydrogen (secondary N) is 5. The highest BCUT2D eigenvalue weighted by Gasteiger charge is 2.34. The molecule has 145 heavy (non-hydrogen) atoms. The number of aromatic amines is 3. The second kappa shape index (κ2) is 77.6. The standard InChI is InChI=1S/C37H62N6O7.C26H43N5O5.C18H34O3.C15H28N2O5.C8H11N5O3/c1-6-7-8-15-18-28(50-36(47)29(26(2)3)23-30(44)32(38)27(4)5)19-16-13-11-9-10-12-14-17-20-31(45)49-22-21-48-25-43-24-40-33-34(43)41-37(39)42-35(33)46;1-2-3-4-11-14-21(32)15-12-9-7-5-6-8-10-13-16-22(33)36-18-17-35-20-31-19-28-23-24(31)29-26(27)30-25(23)34;1-2-3-4-11-14-17(19)15-12-9-7-5-6-8-10-13-16-18(20)21;1-8(2)10(17-14(21)22-15(5,6)7)12(18)16-11(9(3)4)13(19)20;9-8-11-6-5(7(15)12-8)10-3-13(6)4-16-2-1-14/h13,16,24,26-29,32H,6-12,14-15,17-23,25,38H2,1-5H3,(H3,39,41,42,46);9,12,19,21,32H,2-8,10-11,13-18,20H2,1H3,(H3,27,29,30,34);9,12,17,19H,2-8,10-11,13-16H2,1H3,(H,20,21);8-11H,1-7H3,(H,16,18)(H,17,21)(H,19,20);3,14H,1-2,4H2,(H3,9,11,12,15)/b16-13-;2*12-9-;;/t28-,29?,32?;21-;17-;;/m111../s1. The fourth-order valence-corrected chi connectivity index (χ4v) is 14.8. The lowest BCUT2D eigenvalue weighted by molar-refractivity contribution is -0.157. The zero-order chi connectivity index (χ0) is 108. The third kappa shape index (κ3) is 60.1. The Balaban J connectivity index is 0.000000652. The minimum absolute atomic E-state index is 0.000423. The number of nitrogens with two attached hydrogens (primary N) is 4. The molecule has 0 aliphatic carbocycles. The molecule has 6 aromatic rings. The van der Waals surface area contributed by atoms with Crippen molar-refractivity contribution < 1.29 is 97.0 Å². The van der Waals surface area contributed by atoms with E-state index in [1.54, 1.807) is 57.6 Å². The van der Waals surface area contributed by atoms with Crippen LogP contribution in [-0.4, -0.2) is 213 Å². The number of alkyl carbamates (subject to hydrolysis) is 1. The zero-order valence-corrected chi connectivity index (χ0v) is 89.1. The molecule has 18 N–H and O–H groups in total. The van der Waals surface area contributed by atoms with Gasteiger partial charge in [-0.1, -0.05) is 241 Å². The number of rotatable bonds is 72. The predicted molar refractivity (Wildman–Crippen MR) is 562 cm³/mol. The van der Waals surface area contributed by atoms with Crippen LogP contribution in [0.3, 0.4) is 0 Å². The van der Waals surface area contributed by atoms with E-state index in [4.69, 9.17) is 71.4 Å². The van der Waals surface area contributed by atoms with Gasteiger partial charge in [-0.25, -0.2) is 24.5 Å². The van der Waals surface area contributed by atoms with Crippen molar-refractivity contribution in [3.8, 4) is 0 Å². The van der Waals surface area contributed by atoms with Crippen LogP contribution >= 0.6 is 0 Å². The number of unbranched alkanes of at least 4 members (excludes halogenated alkanes) is 24. The number of esters is 3. The summed E-state index contributed by atoms with van der Waals surface area (Å²) in [6.07, 6.45) is 54.5. The van der Waals surface area contributed by atoms with Crippen molar-refractivity contribution in [3.05, 3.63) is 86.5 Å². The maximum atomic E-state index is 13.2. The molecule has 0 aliphatic heterocycles. The Morgan fingerprint density at radius 1 is 0.448 bits per heavy atom. The Morgan fingerprint density at radius 2 is 0.814 bits per heavy atom. The van der Waals surface area contributed by atoms with Crippen molar-refractivity contribution in [2.75, 3.05) is 56.8 Å². The molecule has 0 spiro atoms. The van der Waals surface area contributed by atoms with Gasteiger partial charge in [-0.3, -0.25) is 71.8 Å². The highest BCUT2D eigenvalue weighted by molar-refractivity contribution is 5.90. The molecule has 6 aromatic heterocycles. The van der Waals surface area contributed by atoms with Crippen LogP contribution in [0.4, 0.5) is 22.6 Å². The molecule has 0 saturated carbocycles. The van der Waals surface area contributed by atoms with Gasteiger partial charge in [0.25, 0.3) is 16.7 Å². The predicted octanol–water partition coefficient (Wildman–Crippen LogP) is 15.7. The number of allylic oxidation sites excluding steroid dienone is 3. The lowest BCUT2D eigenvalue weighted by Crippen LogP contribution is -2.55. The van der Waals surface area contributed by atoms with Gasteiger partial charge < -0.3 is 92.3 Å². The summed E-state index contributed by atoms with van der Waals surface area (Å²) in [6.45, 7) is 27.6. The number of carbonyl (C=O) groups excluding carboxylic acids is 6. The number of ether oxygens (including phenoxy) is 7. The number of anilines is 3. The van der Waals surface area contributed by atoms with Gasteiger partial charge in [-0.15, -0.1) is 0 Å². The van der Waals surface area contributed by atoms with E-state index in [9.17, 15) is 63.0 Å². The molecule has 41 heteroatoms. The van der Waals surface area contributed by atoms with E-state index in [1.807, 2.05) is 27.7 Å². The summed E-state index contributed by atoms with van der Waals surface area (Å²) in [6, 6.07) is -2.44. The second-order valence-electron chi connectivity index (χ2n) is 38.9. The number of nitrogens with zero attached hydrogens (tertiary/aromatic N) is 9. The molecule has 6 heterocycles. The summed E-state index contributed by atoms with van der Waals surface area (Å²) >= 11 is 0. The molecule has 4 unspecified atom stereocenters. The van der Waals surface area contributed by atoms with Crippen LogP contribution in [0, 0.1) is 29.6 Å². The third-order valence-corrected chi connectivity index (χ3v) is 23.3. The van der Waals surface area contributed by atoms with Crippen LogP contribution in [-0.2, 0) is 86.9 Å². The van der Waals surface area contributed by atoms with E-state index in [1.165, 1.54) is 68.5 Å². The number of hydrogen-bond acceptors (Lipinski definition) is 31. The maximum absolute atomic E-state index is 13.2. The Morgan fingerprint density at radius 3 is 1.17 bits per heavy atom. The number of imidazole rings is 3. The largest absolute Gasteiger partial charge is 0.481 e. The molecule has 0 bridgehead atoms. The monoisotopic (exact) mass is 2050 g/mol. The second-order valence-corrected chi connectivity index (χ2v) is 38.9. The van der Waals surface area contributed by atoms with Crippen molar-refractivity contribution in [3.63, 3.8) is 0 Å². The summed E-state index contributed by atoms with van der Waals surface area (Å²) in [5, 5.41) is 50.9. The first-order valence-corrected chi connectivity index (χ1v) is 52.5. The highest BCUT2D eigenvalue weighted by atomic mass is 16.6. The molecular formula is C104H178N18O23. The lowest BCUT2D eigenvalue weighted by atomic mass is 9.87. The van der Waals surface area contributed by atoms with E-state index in [-0.39, 0.29) is 172 Å². The Hall–Kier alpha value is -10.8. The SMILES string of the molecule is CC(C)C(NC(=O)C(NC(=O)OC(C)(C)C)C(C)C)C(=O)O.CCCCCC[C@@H](O)C/C=C\CCCCCCCC(=O)O.CCCCCC[C@@H](O)C/C=C\CCCCCCCC(=O)OCCOCn1cnc2c(=O)[nH]c(N)nc21.CCCCCC[C@H](C/C=C\CCCCCCCC(=O)OCCOCn1cnc2c(=O)[nH]c(N)nc21)OC(=O)C(CC(=O)C(N)C(C)C)C(C)C.Nc1nc2c(ncn2COCCO)c(=O)[nH]1. The van der Waals surface area contributed by atoms with E-state index in [0.29, 0.717) is 42.6 Å². The van der Waals surface area contributed by atoms with Gasteiger partial charge in [0.05, 0.1) is 69.6 Å². The summed E-state index contributed by atoms with van der Waals surface area (Å²) in [7, 11) is 0. The number of aromatic nitrogens is 12. The van der Waals surface area contributed by atoms with Crippen LogP contribution in [0.5, 0.6) is 0 Å². The van der Waals surface area contributed by atoms with E-state index >= 15 is 0 Å². The van der Waals surface area contributed by atoms with Crippen LogP contribution in [0.15, 0.2) is 69.8 Å². The van der Waals surface area contributed by atoms with Crippen LogP contribution in [0.25, 0.3) is 33.5 Å². The first kappa shape index (κ1) is 130. The number of ketones is 1. The van der Waals surface area contributed by atoms with Crippen LogP contribution in [0.2, 0.25) is 0 Å². The lowest BCUT2D eigenvalue weighted by Gasteiger charge is -2.27. The Bertz CT molecular complexity index is 4880. The molecule has 822 valence electrons.